The van der Waals surface area contributed by atoms with Gasteiger partial charge in [0.2, 0.25) is 0 Å². The fraction of sp³-hybridized carbons (Fsp3) is 0.524. The van der Waals surface area contributed by atoms with Crippen LogP contribution in [-0.2, 0) is 5.41 Å². The molecule has 4 rings (SSSR count). The number of rotatable bonds is 1. The van der Waals surface area contributed by atoms with Crippen molar-refractivity contribution in [2.24, 2.45) is 0 Å². The van der Waals surface area contributed by atoms with Gasteiger partial charge in [-0.25, -0.2) is 0 Å². The summed E-state index contributed by atoms with van der Waals surface area (Å²) in [6.45, 7) is 9.08. The molecule has 2 aromatic heterocycles. The molecule has 1 saturated carbocycles. The van der Waals surface area contributed by atoms with Crippen LogP contribution in [0.4, 0.5) is 0 Å². The molecule has 2 aromatic rings. The standard InChI is InChI=1S/C21H26N2/c1-13-14(2)21(3,4)20-18-16(10-11-22-19(13)18)12-17(23-20)15-8-6-5-7-9-15/h10-12,15H,5-9H2,1-4H3. The zero-order chi connectivity index (χ0) is 16.2. The second-order valence-corrected chi connectivity index (χ2v) is 7.86. The molecule has 0 N–H and O–H groups in total. The van der Waals surface area contributed by atoms with Crippen LogP contribution in [0.15, 0.2) is 23.9 Å². The second-order valence-electron chi connectivity index (χ2n) is 7.86. The van der Waals surface area contributed by atoms with Crippen LogP contribution in [0.3, 0.4) is 0 Å². The molecule has 0 amide bonds. The zero-order valence-corrected chi connectivity index (χ0v) is 14.7. The van der Waals surface area contributed by atoms with Gasteiger partial charge in [-0.1, -0.05) is 38.7 Å². The van der Waals surface area contributed by atoms with Gasteiger partial charge < -0.3 is 0 Å². The Bertz CT molecular complexity index is 808. The number of allylic oxidation sites excluding steroid dienone is 2. The molecule has 0 bridgehead atoms. The molecule has 0 aromatic carbocycles. The maximum atomic E-state index is 5.22. The minimum atomic E-state index is -0.0109. The van der Waals surface area contributed by atoms with Gasteiger partial charge in [-0.3, -0.25) is 9.97 Å². The van der Waals surface area contributed by atoms with Crippen molar-refractivity contribution in [3.05, 3.63) is 41.0 Å². The van der Waals surface area contributed by atoms with Crippen LogP contribution in [0.1, 0.15) is 82.8 Å². The van der Waals surface area contributed by atoms with Crippen molar-refractivity contribution in [1.29, 1.82) is 0 Å². The van der Waals surface area contributed by atoms with Crippen LogP contribution in [0, 0.1) is 0 Å². The van der Waals surface area contributed by atoms with Crippen molar-refractivity contribution >= 4 is 16.3 Å². The number of pyridine rings is 2. The van der Waals surface area contributed by atoms with E-state index in [4.69, 9.17) is 4.98 Å². The average Bonchev–Trinajstić information content (AvgIpc) is 2.58. The summed E-state index contributed by atoms with van der Waals surface area (Å²) in [5.74, 6) is 0.643. The predicted molar refractivity (Wildman–Crippen MR) is 96.7 cm³/mol. The Labute approximate surface area is 139 Å². The maximum Gasteiger partial charge on any atom is 0.0755 e. The van der Waals surface area contributed by atoms with Crippen LogP contribution < -0.4 is 0 Å². The monoisotopic (exact) mass is 306 g/mol. The molecular weight excluding hydrogens is 280 g/mol. The molecule has 2 aliphatic carbocycles. The first-order chi connectivity index (χ1) is 11.0. The SMILES string of the molecule is CC1=C(C)C(C)(C)c2nc(C3CCCCC3)cc3ccnc1c23. The van der Waals surface area contributed by atoms with E-state index in [1.165, 1.54) is 65.4 Å². The predicted octanol–water partition coefficient (Wildman–Crippen LogP) is 5.76. The first-order valence-corrected chi connectivity index (χ1v) is 8.98. The molecule has 0 unspecified atom stereocenters. The minimum Gasteiger partial charge on any atom is -0.256 e. The number of nitrogens with zero attached hydrogens (tertiary/aromatic N) is 2. The number of hydrogen-bond acceptors (Lipinski definition) is 2. The molecular formula is C21H26N2. The van der Waals surface area contributed by atoms with E-state index in [1.807, 2.05) is 6.20 Å². The molecule has 2 nitrogen and oxygen atoms in total. The second kappa shape index (κ2) is 5.15. The van der Waals surface area contributed by atoms with Crippen LogP contribution in [-0.4, -0.2) is 9.97 Å². The summed E-state index contributed by atoms with van der Waals surface area (Å²) in [5, 5.41) is 2.60. The van der Waals surface area contributed by atoms with Crippen LogP contribution in [0.2, 0.25) is 0 Å². The highest BCUT2D eigenvalue weighted by Gasteiger charge is 2.34. The van der Waals surface area contributed by atoms with Gasteiger partial charge in [0.05, 0.1) is 11.4 Å². The molecule has 0 spiro atoms. The Hall–Kier alpha value is -1.70. The van der Waals surface area contributed by atoms with Gasteiger partial charge in [0.1, 0.15) is 0 Å². The van der Waals surface area contributed by atoms with E-state index in [1.54, 1.807) is 0 Å². The van der Waals surface area contributed by atoms with Crippen LogP contribution in [0.5, 0.6) is 0 Å². The zero-order valence-electron chi connectivity index (χ0n) is 14.7. The molecule has 0 atom stereocenters. The Morgan fingerprint density at radius 3 is 2.57 bits per heavy atom. The summed E-state index contributed by atoms with van der Waals surface area (Å²) in [6, 6.07) is 4.50. The van der Waals surface area contributed by atoms with E-state index < -0.39 is 0 Å². The summed E-state index contributed by atoms with van der Waals surface area (Å²) in [7, 11) is 0. The Morgan fingerprint density at radius 1 is 1.09 bits per heavy atom. The molecule has 0 aliphatic heterocycles. The highest BCUT2D eigenvalue weighted by molar-refractivity contribution is 5.97. The molecule has 2 aliphatic rings. The van der Waals surface area contributed by atoms with Gasteiger partial charge in [-0.2, -0.15) is 0 Å². The third-order valence-corrected chi connectivity index (χ3v) is 6.23. The van der Waals surface area contributed by atoms with E-state index in [-0.39, 0.29) is 5.41 Å². The Kier molecular flexibility index (Phi) is 3.33. The Balaban J connectivity index is 1.99. The van der Waals surface area contributed by atoms with E-state index >= 15 is 0 Å². The van der Waals surface area contributed by atoms with Gasteiger partial charge in [0.25, 0.3) is 0 Å². The van der Waals surface area contributed by atoms with E-state index in [0.29, 0.717) is 5.92 Å². The molecule has 2 heteroatoms. The third-order valence-electron chi connectivity index (χ3n) is 6.23. The fourth-order valence-electron chi connectivity index (χ4n) is 4.39. The molecule has 2 heterocycles. The van der Waals surface area contributed by atoms with Gasteiger partial charge in [-0.15, -0.1) is 0 Å². The normalized spacial score (nSPS) is 21.0. The number of aromatic nitrogens is 2. The highest BCUT2D eigenvalue weighted by Crippen LogP contribution is 2.45. The maximum absolute atomic E-state index is 5.22. The van der Waals surface area contributed by atoms with Crippen molar-refractivity contribution in [2.45, 2.75) is 71.1 Å². The van der Waals surface area contributed by atoms with Gasteiger partial charge in [-0.05, 0) is 49.8 Å². The number of hydrogen-bond donors (Lipinski definition) is 0. The van der Waals surface area contributed by atoms with E-state index in [2.05, 4.69) is 44.8 Å². The molecule has 0 saturated heterocycles. The fourth-order valence-corrected chi connectivity index (χ4v) is 4.39. The van der Waals surface area contributed by atoms with Crippen molar-refractivity contribution in [3.8, 4) is 0 Å². The first kappa shape index (κ1) is 14.9. The van der Waals surface area contributed by atoms with Gasteiger partial charge in [0.15, 0.2) is 0 Å². The summed E-state index contributed by atoms with van der Waals surface area (Å²) >= 11 is 0. The van der Waals surface area contributed by atoms with Crippen LogP contribution in [0.25, 0.3) is 16.3 Å². The molecule has 120 valence electrons. The lowest BCUT2D eigenvalue weighted by atomic mass is 9.72. The lowest BCUT2D eigenvalue weighted by molar-refractivity contribution is 0.434. The third kappa shape index (κ3) is 2.14. The Morgan fingerprint density at radius 2 is 1.83 bits per heavy atom. The highest BCUT2D eigenvalue weighted by atomic mass is 14.8. The lowest BCUT2D eigenvalue weighted by Crippen LogP contribution is -2.26. The quantitative estimate of drug-likeness (QED) is 0.669. The summed E-state index contributed by atoms with van der Waals surface area (Å²) in [6.07, 6.45) is 8.64. The topological polar surface area (TPSA) is 25.8 Å². The minimum absolute atomic E-state index is 0.0109. The van der Waals surface area contributed by atoms with Crippen molar-refractivity contribution in [3.63, 3.8) is 0 Å². The van der Waals surface area contributed by atoms with Gasteiger partial charge in [0, 0.05) is 28.6 Å². The van der Waals surface area contributed by atoms with Crippen molar-refractivity contribution in [1.82, 2.24) is 9.97 Å². The first-order valence-electron chi connectivity index (χ1n) is 8.98. The van der Waals surface area contributed by atoms with Crippen molar-refractivity contribution < 1.29 is 0 Å². The summed E-state index contributed by atoms with van der Waals surface area (Å²) < 4.78 is 0. The summed E-state index contributed by atoms with van der Waals surface area (Å²) in [4.78, 5) is 9.90. The largest absolute Gasteiger partial charge is 0.256 e. The van der Waals surface area contributed by atoms with Crippen LogP contribution >= 0.6 is 0 Å². The van der Waals surface area contributed by atoms with Gasteiger partial charge >= 0.3 is 0 Å². The smallest absolute Gasteiger partial charge is 0.0755 e. The lowest BCUT2D eigenvalue weighted by Gasteiger charge is -2.34. The summed E-state index contributed by atoms with van der Waals surface area (Å²) in [5.41, 5.74) is 6.39. The van der Waals surface area contributed by atoms with E-state index in [0.717, 1.165) is 5.69 Å². The average molecular weight is 306 g/mol. The molecule has 0 radical (unpaired) electrons. The molecule has 23 heavy (non-hydrogen) atoms. The molecule has 1 fully saturated rings. The van der Waals surface area contributed by atoms with Crippen molar-refractivity contribution in [2.75, 3.05) is 0 Å². The van der Waals surface area contributed by atoms with E-state index in [9.17, 15) is 0 Å².